The van der Waals surface area contributed by atoms with Crippen LogP contribution >= 0.6 is 0 Å². The molecular weight excluding hydrogens is 246 g/mol. The van der Waals surface area contributed by atoms with Crippen LogP contribution in [0.5, 0.6) is 11.5 Å². The Kier molecular flexibility index (Phi) is 3.47. The van der Waals surface area contributed by atoms with Gasteiger partial charge in [0.2, 0.25) is 0 Å². The van der Waals surface area contributed by atoms with Gasteiger partial charge in [0.05, 0.1) is 0 Å². The average Bonchev–Trinajstić information content (AvgIpc) is 2.40. The number of phenolic OH excluding ortho intramolecular Hbond substituents is 2. The fourth-order valence-corrected chi connectivity index (χ4v) is 1.47. The van der Waals surface area contributed by atoms with E-state index in [9.17, 15) is 9.59 Å². The summed E-state index contributed by atoms with van der Waals surface area (Å²) in [6.45, 7) is 0. The van der Waals surface area contributed by atoms with Gasteiger partial charge in [-0.05, 0) is 48.5 Å². The number of carbonyl (C=O) groups excluding carboxylic acids is 2. The summed E-state index contributed by atoms with van der Waals surface area (Å²) in [5.41, 5.74) is 0.537. The molecule has 2 aromatic rings. The van der Waals surface area contributed by atoms with Gasteiger partial charge in [0.25, 0.3) is 11.8 Å². The number of imide groups is 1. The molecule has 5 heteroatoms. The van der Waals surface area contributed by atoms with Crippen LogP contribution in [0, 0.1) is 0 Å². The maximum Gasteiger partial charge on any atom is 0.258 e. The quantitative estimate of drug-likeness (QED) is 0.714. The number of carbonyl (C=O) groups is 2. The Morgan fingerprint density at radius 1 is 0.684 bits per heavy atom. The van der Waals surface area contributed by atoms with Crippen molar-refractivity contribution in [2.24, 2.45) is 0 Å². The minimum absolute atomic E-state index is 0.0430. The lowest BCUT2D eigenvalue weighted by atomic mass is 10.1. The van der Waals surface area contributed by atoms with Crippen molar-refractivity contribution in [2.45, 2.75) is 0 Å². The summed E-state index contributed by atoms with van der Waals surface area (Å²) in [6.07, 6.45) is 0. The van der Waals surface area contributed by atoms with E-state index >= 15 is 0 Å². The van der Waals surface area contributed by atoms with E-state index in [0.717, 1.165) is 0 Å². The first kappa shape index (κ1) is 12.6. The second kappa shape index (κ2) is 5.22. The van der Waals surface area contributed by atoms with Crippen molar-refractivity contribution in [1.82, 2.24) is 5.32 Å². The number of hydrogen-bond donors (Lipinski definition) is 3. The van der Waals surface area contributed by atoms with Gasteiger partial charge < -0.3 is 10.2 Å². The second-order valence-electron chi connectivity index (χ2n) is 3.88. The molecule has 2 amide bonds. The molecule has 3 N–H and O–H groups in total. The van der Waals surface area contributed by atoms with Gasteiger partial charge in [-0.3, -0.25) is 14.9 Å². The predicted molar refractivity (Wildman–Crippen MR) is 68.0 cm³/mol. The highest BCUT2D eigenvalue weighted by atomic mass is 16.3. The summed E-state index contributed by atoms with van der Waals surface area (Å²) in [5, 5.41) is 20.4. The molecule has 0 aliphatic rings. The first-order valence-corrected chi connectivity index (χ1v) is 5.50. The van der Waals surface area contributed by atoms with E-state index in [-0.39, 0.29) is 22.6 Å². The molecule has 0 saturated carbocycles. The standard InChI is InChI=1S/C14H11NO4/c16-11-5-1-9(2-6-11)13(18)15-14(19)10-3-7-12(17)8-4-10/h1-8,16-17H,(H,15,18,19). The topological polar surface area (TPSA) is 86.6 Å². The highest BCUT2D eigenvalue weighted by Crippen LogP contribution is 2.11. The Bertz CT molecular complexity index is 547. The largest absolute Gasteiger partial charge is 0.508 e. The van der Waals surface area contributed by atoms with Crippen molar-refractivity contribution in [3.8, 4) is 11.5 Å². The molecule has 0 aromatic heterocycles. The van der Waals surface area contributed by atoms with Crippen LogP contribution in [-0.4, -0.2) is 22.0 Å². The molecule has 0 fully saturated rings. The van der Waals surface area contributed by atoms with Crippen LogP contribution in [0.4, 0.5) is 0 Å². The lowest BCUT2D eigenvalue weighted by Crippen LogP contribution is -2.30. The van der Waals surface area contributed by atoms with E-state index in [4.69, 9.17) is 10.2 Å². The van der Waals surface area contributed by atoms with Crippen molar-refractivity contribution in [3.63, 3.8) is 0 Å². The van der Waals surface area contributed by atoms with Gasteiger partial charge in [-0.2, -0.15) is 0 Å². The Hall–Kier alpha value is -2.82. The first-order chi connectivity index (χ1) is 9.06. The van der Waals surface area contributed by atoms with Crippen LogP contribution in [0.25, 0.3) is 0 Å². The SMILES string of the molecule is O=C(NC(=O)c1ccc(O)cc1)c1ccc(O)cc1. The molecule has 0 aliphatic heterocycles. The van der Waals surface area contributed by atoms with Gasteiger partial charge in [-0.25, -0.2) is 0 Å². The minimum Gasteiger partial charge on any atom is -0.508 e. The molecule has 0 bridgehead atoms. The van der Waals surface area contributed by atoms with Crippen molar-refractivity contribution in [2.75, 3.05) is 0 Å². The monoisotopic (exact) mass is 257 g/mol. The highest BCUT2D eigenvalue weighted by molar-refractivity contribution is 6.10. The van der Waals surface area contributed by atoms with Crippen LogP contribution in [0.1, 0.15) is 20.7 Å². The lowest BCUT2D eigenvalue weighted by Gasteiger charge is -2.04. The summed E-state index contributed by atoms with van der Waals surface area (Å²) in [4.78, 5) is 23.5. The summed E-state index contributed by atoms with van der Waals surface area (Å²) >= 11 is 0. The third kappa shape index (κ3) is 3.10. The number of benzene rings is 2. The average molecular weight is 257 g/mol. The molecule has 2 aromatic carbocycles. The zero-order valence-electron chi connectivity index (χ0n) is 9.83. The van der Waals surface area contributed by atoms with Gasteiger partial charge >= 0.3 is 0 Å². The van der Waals surface area contributed by atoms with Crippen LogP contribution in [-0.2, 0) is 0 Å². The van der Waals surface area contributed by atoms with Crippen LogP contribution < -0.4 is 5.32 Å². The van der Waals surface area contributed by atoms with Gasteiger partial charge in [0.15, 0.2) is 0 Å². The summed E-state index contributed by atoms with van der Waals surface area (Å²) < 4.78 is 0. The van der Waals surface area contributed by atoms with E-state index in [1.165, 1.54) is 48.5 Å². The van der Waals surface area contributed by atoms with E-state index in [2.05, 4.69) is 5.32 Å². The normalized spacial score (nSPS) is 9.89. The molecule has 0 spiro atoms. The molecule has 19 heavy (non-hydrogen) atoms. The number of hydrogen-bond acceptors (Lipinski definition) is 4. The van der Waals surface area contributed by atoms with Gasteiger partial charge in [0, 0.05) is 11.1 Å². The Balaban J connectivity index is 2.08. The highest BCUT2D eigenvalue weighted by Gasteiger charge is 2.11. The van der Waals surface area contributed by atoms with Gasteiger partial charge in [-0.15, -0.1) is 0 Å². The van der Waals surface area contributed by atoms with Crippen molar-refractivity contribution in [1.29, 1.82) is 0 Å². The van der Waals surface area contributed by atoms with Crippen molar-refractivity contribution < 1.29 is 19.8 Å². The molecule has 5 nitrogen and oxygen atoms in total. The van der Waals surface area contributed by atoms with Gasteiger partial charge in [-0.1, -0.05) is 0 Å². The summed E-state index contributed by atoms with van der Waals surface area (Å²) in [7, 11) is 0. The fraction of sp³-hybridized carbons (Fsp3) is 0. The Morgan fingerprint density at radius 3 is 1.32 bits per heavy atom. The zero-order valence-corrected chi connectivity index (χ0v) is 9.83. The van der Waals surface area contributed by atoms with Crippen molar-refractivity contribution >= 4 is 11.8 Å². The molecule has 0 unspecified atom stereocenters. The molecule has 0 atom stereocenters. The fourth-order valence-electron chi connectivity index (χ4n) is 1.47. The van der Waals surface area contributed by atoms with Gasteiger partial charge in [0.1, 0.15) is 11.5 Å². The smallest absolute Gasteiger partial charge is 0.258 e. The second-order valence-corrected chi connectivity index (χ2v) is 3.88. The third-order valence-electron chi connectivity index (χ3n) is 2.49. The number of rotatable bonds is 2. The zero-order chi connectivity index (χ0) is 13.8. The maximum atomic E-state index is 11.7. The van der Waals surface area contributed by atoms with Crippen LogP contribution in [0.2, 0.25) is 0 Å². The summed E-state index contributed by atoms with van der Waals surface area (Å²) in [6, 6.07) is 11.1. The Labute approximate surface area is 109 Å². The van der Waals surface area contributed by atoms with E-state index < -0.39 is 11.8 Å². The predicted octanol–water partition coefficient (Wildman–Crippen LogP) is 1.67. The molecule has 0 saturated heterocycles. The Morgan fingerprint density at radius 2 is 1.00 bits per heavy atom. The van der Waals surface area contributed by atoms with E-state index in [0.29, 0.717) is 0 Å². The minimum atomic E-state index is -0.557. The molecule has 0 heterocycles. The lowest BCUT2D eigenvalue weighted by molar-refractivity contribution is 0.0849. The van der Waals surface area contributed by atoms with Crippen LogP contribution in [0.15, 0.2) is 48.5 Å². The molecule has 96 valence electrons. The number of nitrogens with one attached hydrogen (secondary N) is 1. The number of aromatic hydroxyl groups is 2. The molecule has 2 rings (SSSR count). The maximum absolute atomic E-state index is 11.7. The van der Waals surface area contributed by atoms with Crippen LogP contribution in [0.3, 0.4) is 0 Å². The molecular formula is C14H11NO4. The van der Waals surface area contributed by atoms with Crippen molar-refractivity contribution in [3.05, 3.63) is 59.7 Å². The third-order valence-corrected chi connectivity index (χ3v) is 2.49. The van der Waals surface area contributed by atoms with E-state index in [1.54, 1.807) is 0 Å². The molecule has 0 aliphatic carbocycles. The molecule has 0 radical (unpaired) electrons. The first-order valence-electron chi connectivity index (χ1n) is 5.50. The number of phenols is 2. The summed E-state index contributed by atoms with van der Waals surface area (Å²) in [5.74, 6) is -1.03. The van der Waals surface area contributed by atoms with E-state index in [1.807, 2.05) is 0 Å². The number of amides is 2.